The molecule has 1 aliphatic rings. The zero-order valence-electron chi connectivity index (χ0n) is 8.78. The molecule has 0 aliphatic carbocycles. The third-order valence-electron chi connectivity index (χ3n) is 2.86. The second-order valence-corrected chi connectivity index (χ2v) is 3.97. The highest BCUT2D eigenvalue weighted by molar-refractivity contribution is 5.04. The standard InChI is InChI=1S/C11H18N2O/c1-13-6-2-4-10(13)8-12-9-11-5-3-7-14-11/h2,4,6,11-12H,3,5,7-9H2,1H3/p+1/t11-/m0/s1. The Bertz CT molecular complexity index is 277. The third kappa shape index (κ3) is 2.36. The molecular formula is C11H19N2O+. The van der Waals surface area contributed by atoms with Crippen molar-refractivity contribution < 1.29 is 10.1 Å². The first-order valence-electron chi connectivity index (χ1n) is 5.40. The van der Waals surface area contributed by atoms with Crippen LogP contribution in [0.2, 0.25) is 0 Å². The van der Waals surface area contributed by atoms with Gasteiger partial charge in [0.05, 0.1) is 5.69 Å². The lowest BCUT2D eigenvalue weighted by molar-refractivity contribution is -0.677. The Balaban J connectivity index is 1.70. The van der Waals surface area contributed by atoms with Crippen molar-refractivity contribution in [2.75, 3.05) is 13.2 Å². The van der Waals surface area contributed by atoms with Crippen LogP contribution in [-0.2, 0) is 18.3 Å². The molecule has 1 aromatic rings. The van der Waals surface area contributed by atoms with Crippen molar-refractivity contribution >= 4 is 0 Å². The Kier molecular flexibility index (Phi) is 3.22. The van der Waals surface area contributed by atoms with Gasteiger partial charge in [0.15, 0.2) is 0 Å². The summed E-state index contributed by atoms with van der Waals surface area (Å²) in [6, 6.07) is 4.27. The molecule has 0 radical (unpaired) electrons. The number of aryl methyl sites for hydroxylation is 1. The fourth-order valence-electron chi connectivity index (χ4n) is 1.96. The lowest BCUT2D eigenvalue weighted by Crippen LogP contribution is -2.84. The van der Waals surface area contributed by atoms with Crippen LogP contribution in [0.25, 0.3) is 0 Å². The summed E-state index contributed by atoms with van der Waals surface area (Å²) in [7, 11) is 2.09. The van der Waals surface area contributed by atoms with Crippen LogP contribution in [0.1, 0.15) is 18.5 Å². The summed E-state index contributed by atoms with van der Waals surface area (Å²) >= 11 is 0. The monoisotopic (exact) mass is 195 g/mol. The Morgan fingerprint density at radius 3 is 3.21 bits per heavy atom. The summed E-state index contributed by atoms with van der Waals surface area (Å²) in [6.07, 6.45) is 5.07. The van der Waals surface area contributed by atoms with Crippen molar-refractivity contribution in [3.8, 4) is 0 Å². The summed E-state index contributed by atoms with van der Waals surface area (Å²) in [5.74, 6) is 0. The largest absolute Gasteiger partial charge is 0.372 e. The molecule has 2 heterocycles. The van der Waals surface area contributed by atoms with Crippen LogP contribution in [-0.4, -0.2) is 23.8 Å². The van der Waals surface area contributed by atoms with Crippen molar-refractivity contribution in [1.82, 2.24) is 4.57 Å². The maximum atomic E-state index is 5.56. The third-order valence-corrected chi connectivity index (χ3v) is 2.86. The molecule has 0 unspecified atom stereocenters. The number of ether oxygens (including phenoxy) is 1. The van der Waals surface area contributed by atoms with E-state index in [1.807, 2.05) is 0 Å². The molecule has 1 aromatic heterocycles. The van der Waals surface area contributed by atoms with E-state index in [0.717, 1.165) is 19.7 Å². The number of aromatic nitrogens is 1. The first-order chi connectivity index (χ1) is 6.86. The maximum absolute atomic E-state index is 5.56. The van der Waals surface area contributed by atoms with E-state index < -0.39 is 0 Å². The molecule has 0 aromatic carbocycles. The molecule has 2 rings (SSSR count). The average molecular weight is 195 g/mol. The molecule has 3 heteroatoms. The van der Waals surface area contributed by atoms with Crippen molar-refractivity contribution in [3.05, 3.63) is 24.0 Å². The van der Waals surface area contributed by atoms with Crippen LogP contribution < -0.4 is 5.32 Å². The van der Waals surface area contributed by atoms with Gasteiger partial charge < -0.3 is 14.6 Å². The molecule has 2 N–H and O–H groups in total. The van der Waals surface area contributed by atoms with Gasteiger partial charge in [0.25, 0.3) is 0 Å². The van der Waals surface area contributed by atoms with Gasteiger partial charge in [-0.15, -0.1) is 0 Å². The molecule has 1 saturated heterocycles. The minimum atomic E-state index is 0.496. The zero-order chi connectivity index (χ0) is 9.80. The predicted octanol–water partition coefficient (Wildman–Crippen LogP) is 0.268. The number of hydrogen-bond donors (Lipinski definition) is 1. The fraction of sp³-hybridized carbons (Fsp3) is 0.636. The first-order valence-corrected chi connectivity index (χ1v) is 5.40. The number of hydrogen-bond acceptors (Lipinski definition) is 1. The number of rotatable bonds is 4. The Morgan fingerprint density at radius 2 is 2.57 bits per heavy atom. The predicted molar refractivity (Wildman–Crippen MR) is 54.9 cm³/mol. The van der Waals surface area contributed by atoms with Gasteiger partial charge in [-0.1, -0.05) is 0 Å². The van der Waals surface area contributed by atoms with Crippen molar-refractivity contribution in [3.63, 3.8) is 0 Å². The van der Waals surface area contributed by atoms with Gasteiger partial charge in [0.1, 0.15) is 19.2 Å². The minimum Gasteiger partial charge on any atom is -0.372 e. The molecule has 0 amide bonds. The molecule has 0 bridgehead atoms. The molecule has 1 fully saturated rings. The minimum absolute atomic E-state index is 0.496. The molecule has 78 valence electrons. The Morgan fingerprint density at radius 1 is 1.64 bits per heavy atom. The Labute approximate surface area is 85.1 Å². The topological polar surface area (TPSA) is 30.8 Å². The van der Waals surface area contributed by atoms with Gasteiger partial charge >= 0.3 is 0 Å². The molecule has 0 saturated carbocycles. The van der Waals surface area contributed by atoms with Gasteiger partial charge in [-0.05, 0) is 25.0 Å². The van der Waals surface area contributed by atoms with Gasteiger partial charge in [-0.3, -0.25) is 0 Å². The Hall–Kier alpha value is -0.800. The van der Waals surface area contributed by atoms with Crippen molar-refractivity contribution in [1.29, 1.82) is 0 Å². The van der Waals surface area contributed by atoms with E-state index in [9.17, 15) is 0 Å². The highest BCUT2D eigenvalue weighted by atomic mass is 16.5. The van der Waals surface area contributed by atoms with Crippen LogP contribution in [0, 0.1) is 0 Å². The zero-order valence-corrected chi connectivity index (χ0v) is 8.78. The molecule has 3 nitrogen and oxygen atoms in total. The smallest absolute Gasteiger partial charge is 0.117 e. The van der Waals surface area contributed by atoms with Gasteiger partial charge in [-0.25, -0.2) is 0 Å². The summed E-state index contributed by atoms with van der Waals surface area (Å²) in [4.78, 5) is 0. The first kappa shape index (κ1) is 9.74. The van der Waals surface area contributed by atoms with Gasteiger partial charge in [0, 0.05) is 19.9 Å². The lowest BCUT2D eigenvalue weighted by atomic mass is 10.2. The van der Waals surface area contributed by atoms with Crippen molar-refractivity contribution in [2.24, 2.45) is 7.05 Å². The van der Waals surface area contributed by atoms with Crippen LogP contribution in [0.4, 0.5) is 0 Å². The van der Waals surface area contributed by atoms with Gasteiger partial charge in [-0.2, -0.15) is 0 Å². The number of nitrogens with zero attached hydrogens (tertiary/aromatic N) is 1. The molecule has 1 atom stereocenters. The molecule has 1 aliphatic heterocycles. The average Bonchev–Trinajstić information content (AvgIpc) is 2.78. The normalized spacial score (nSPS) is 21.6. The van der Waals surface area contributed by atoms with Crippen molar-refractivity contribution in [2.45, 2.75) is 25.5 Å². The van der Waals surface area contributed by atoms with Crippen LogP contribution in [0.15, 0.2) is 18.3 Å². The molecular weight excluding hydrogens is 176 g/mol. The molecule has 0 spiro atoms. The van der Waals surface area contributed by atoms with E-state index in [1.165, 1.54) is 18.5 Å². The van der Waals surface area contributed by atoms with E-state index in [4.69, 9.17) is 4.74 Å². The number of nitrogens with two attached hydrogens (primary N) is 1. The summed E-state index contributed by atoms with van der Waals surface area (Å²) < 4.78 is 7.74. The maximum Gasteiger partial charge on any atom is 0.117 e. The SMILES string of the molecule is Cn1cccc1C[NH2+]C[C@@H]1CCCO1. The van der Waals surface area contributed by atoms with E-state index in [1.54, 1.807) is 0 Å². The fourth-order valence-corrected chi connectivity index (χ4v) is 1.96. The summed E-state index contributed by atoms with van der Waals surface area (Å²) in [6.45, 7) is 3.12. The van der Waals surface area contributed by atoms with Crippen LogP contribution >= 0.6 is 0 Å². The second-order valence-electron chi connectivity index (χ2n) is 3.97. The lowest BCUT2D eigenvalue weighted by Gasteiger charge is -2.08. The highest BCUT2D eigenvalue weighted by Crippen LogP contribution is 2.09. The highest BCUT2D eigenvalue weighted by Gasteiger charge is 2.16. The van der Waals surface area contributed by atoms with Crippen LogP contribution in [0.3, 0.4) is 0 Å². The quantitative estimate of drug-likeness (QED) is 0.734. The van der Waals surface area contributed by atoms with Crippen LogP contribution in [0.5, 0.6) is 0 Å². The summed E-state index contributed by atoms with van der Waals surface area (Å²) in [5, 5.41) is 2.34. The van der Waals surface area contributed by atoms with E-state index in [2.05, 4.69) is 35.3 Å². The number of quaternary nitrogens is 1. The molecule has 14 heavy (non-hydrogen) atoms. The van der Waals surface area contributed by atoms with E-state index in [0.29, 0.717) is 6.10 Å². The van der Waals surface area contributed by atoms with E-state index in [-0.39, 0.29) is 0 Å². The van der Waals surface area contributed by atoms with E-state index >= 15 is 0 Å². The summed E-state index contributed by atoms with van der Waals surface area (Å²) in [5.41, 5.74) is 1.38. The second kappa shape index (κ2) is 4.62. The van der Waals surface area contributed by atoms with Gasteiger partial charge in [0.2, 0.25) is 0 Å².